The van der Waals surface area contributed by atoms with Gasteiger partial charge in [-0.15, -0.1) is 0 Å². The average Bonchev–Trinajstić information content (AvgIpc) is 2.64. The molecule has 2 aromatic rings. The number of hydrogen-bond donors (Lipinski definition) is 1. The van der Waals surface area contributed by atoms with Gasteiger partial charge in [0.15, 0.2) is 17.6 Å². The monoisotopic (exact) mass is 397 g/mol. The van der Waals surface area contributed by atoms with Crippen LogP contribution in [0.4, 0.5) is 5.69 Å². The fraction of sp³-hybridized carbons (Fsp3) is 0.222. The highest BCUT2D eigenvalue weighted by Crippen LogP contribution is 2.32. The Morgan fingerprint density at radius 1 is 1.04 bits per heavy atom. The minimum atomic E-state index is -1.08. The molecule has 2 rings (SSSR count). The van der Waals surface area contributed by atoms with Crippen molar-refractivity contribution < 1.29 is 23.8 Å². The van der Waals surface area contributed by atoms with Gasteiger partial charge in [0.2, 0.25) is 0 Å². The maximum atomic E-state index is 12.4. The molecular formula is C18H17Cl2NO5. The molecule has 26 heavy (non-hydrogen) atoms. The normalized spacial score (nSPS) is 11.4. The van der Waals surface area contributed by atoms with Crippen LogP contribution >= 0.6 is 23.2 Å². The fourth-order valence-electron chi connectivity index (χ4n) is 2.16. The van der Waals surface area contributed by atoms with E-state index in [4.69, 9.17) is 37.4 Å². The summed E-state index contributed by atoms with van der Waals surface area (Å²) in [6.07, 6.45) is -1.08. The number of benzene rings is 2. The van der Waals surface area contributed by atoms with Crippen molar-refractivity contribution in [3.8, 4) is 11.5 Å². The second-order valence-electron chi connectivity index (χ2n) is 5.18. The van der Waals surface area contributed by atoms with Gasteiger partial charge in [0.05, 0.1) is 30.0 Å². The van der Waals surface area contributed by atoms with Gasteiger partial charge < -0.3 is 19.5 Å². The Morgan fingerprint density at radius 3 is 2.38 bits per heavy atom. The summed E-state index contributed by atoms with van der Waals surface area (Å²) in [6.45, 7) is 1.44. The lowest BCUT2D eigenvalue weighted by molar-refractivity contribution is -0.123. The van der Waals surface area contributed by atoms with Crippen LogP contribution in [0.5, 0.6) is 11.5 Å². The zero-order valence-electron chi connectivity index (χ0n) is 14.3. The van der Waals surface area contributed by atoms with Crippen molar-refractivity contribution in [1.82, 2.24) is 0 Å². The van der Waals surface area contributed by atoms with Crippen LogP contribution in [0, 0.1) is 0 Å². The van der Waals surface area contributed by atoms with Crippen LogP contribution in [0.3, 0.4) is 0 Å². The van der Waals surface area contributed by atoms with E-state index in [9.17, 15) is 9.59 Å². The number of halogens is 2. The number of methoxy groups -OCH3 is 2. The van der Waals surface area contributed by atoms with Crippen molar-refractivity contribution in [3.05, 3.63) is 52.0 Å². The number of esters is 1. The van der Waals surface area contributed by atoms with Crippen molar-refractivity contribution in [1.29, 1.82) is 0 Å². The van der Waals surface area contributed by atoms with Crippen molar-refractivity contribution in [2.24, 2.45) is 0 Å². The van der Waals surface area contributed by atoms with Crippen LogP contribution in [-0.2, 0) is 9.53 Å². The SMILES string of the molecule is COc1cccc(C(=O)O[C@H](C)C(=O)Nc2cccc(Cl)c2Cl)c1OC. The Kier molecular flexibility index (Phi) is 6.71. The van der Waals surface area contributed by atoms with E-state index < -0.39 is 18.0 Å². The van der Waals surface area contributed by atoms with Gasteiger partial charge in [-0.25, -0.2) is 4.79 Å². The van der Waals surface area contributed by atoms with Crippen LogP contribution in [0.1, 0.15) is 17.3 Å². The van der Waals surface area contributed by atoms with Gasteiger partial charge in [-0.2, -0.15) is 0 Å². The van der Waals surface area contributed by atoms with Crippen molar-refractivity contribution in [2.75, 3.05) is 19.5 Å². The quantitative estimate of drug-likeness (QED) is 0.739. The van der Waals surface area contributed by atoms with Crippen molar-refractivity contribution in [2.45, 2.75) is 13.0 Å². The van der Waals surface area contributed by atoms with Gasteiger partial charge in [-0.05, 0) is 31.2 Å². The molecule has 0 aliphatic heterocycles. The van der Waals surface area contributed by atoms with E-state index in [1.165, 1.54) is 27.2 Å². The standard InChI is InChI=1S/C18H17Cl2NO5/c1-10(17(22)21-13-8-5-7-12(19)15(13)20)26-18(23)11-6-4-9-14(24-2)16(11)25-3/h4-10H,1-3H3,(H,21,22)/t10-/m1/s1. The Morgan fingerprint density at radius 2 is 1.73 bits per heavy atom. The molecular weight excluding hydrogens is 381 g/mol. The largest absolute Gasteiger partial charge is 0.493 e. The Balaban J connectivity index is 2.12. The number of ether oxygens (including phenoxy) is 3. The number of hydrogen-bond acceptors (Lipinski definition) is 5. The summed E-state index contributed by atoms with van der Waals surface area (Å²) in [7, 11) is 2.86. The molecule has 0 aliphatic carbocycles. The molecule has 0 heterocycles. The average molecular weight is 398 g/mol. The second-order valence-corrected chi connectivity index (χ2v) is 5.96. The molecule has 0 saturated carbocycles. The molecule has 0 aliphatic rings. The number of anilines is 1. The van der Waals surface area contributed by atoms with Crippen LogP contribution < -0.4 is 14.8 Å². The molecule has 0 unspecified atom stereocenters. The molecule has 2 aromatic carbocycles. The van der Waals surface area contributed by atoms with Crippen molar-refractivity contribution in [3.63, 3.8) is 0 Å². The van der Waals surface area contributed by atoms with E-state index in [1.54, 1.807) is 30.3 Å². The maximum Gasteiger partial charge on any atom is 0.342 e. The summed E-state index contributed by atoms with van der Waals surface area (Å²) in [6, 6.07) is 9.61. The van der Waals surface area contributed by atoms with Gasteiger partial charge in [-0.3, -0.25) is 4.79 Å². The van der Waals surface area contributed by atoms with Crippen LogP contribution in [0.25, 0.3) is 0 Å². The molecule has 0 fully saturated rings. The van der Waals surface area contributed by atoms with Gasteiger partial charge >= 0.3 is 5.97 Å². The lowest BCUT2D eigenvalue weighted by atomic mass is 10.2. The first-order chi connectivity index (χ1) is 12.4. The summed E-state index contributed by atoms with van der Waals surface area (Å²) < 4.78 is 15.6. The van der Waals surface area contributed by atoms with E-state index >= 15 is 0 Å². The van der Waals surface area contributed by atoms with Gasteiger partial charge in [-0.1, -0.05) is 35.3 Å². The third kappa shape index (κ3) is 4.39. The molecule has 0 bridgehead atoms. The van der Waals surface area contributed by atoms with Crippen LogP contribution in [0.2, 0.25) is 10.0 Å². The molecule has 0 radical (unpaired) electrons. The van der Waals surface area contributed by atoms with Gasteiger partial charge in [0.1, 0.15) is 5.56 Å². The minimum absolute atomic E-state index is 0.146. The molecule has 6 nitrogen and oxygen atoms in total. The van der Waals surface area contributed by atoms with E-state index in [-0.39, 0.29) is 16.3 Å². The van der Waals surface area contributed by atoms with E-state index in [2.05, 4.69) is 5.32 Å². The van der Waals surface area contributed by atoms with Crippen LogP contribution in [0.15, 0.2) is 36.4 Å². The van der Waals surface area contributed by atoms with Crippen molar-refractivity contribution >= 4 is 40.8 Å². The molecule has 1 N–H and O–H groups in total. The number of para-hydroxylation sites is 1. The topological polar surface area (TPSA) is 73.9 Å². The summed E-state index contributed by atoms with van der Waals surface area (Å²) in [4.78, 5) is 24.7. The molecule has 138 valence electrons. The number of rotatable bonds is 6. The first-order valence-corrected chi connectivity index (χ1v) is 8.31. The summed E-state index contributed by atoms with van der Waals surface area (Å²) in [5.41, 5.74) is 0.471. The summed E-state index contributed by atoms with van der Waals surface area (Å²) in [5.74, 6) is -0.666. The maximum absolute atomic E-state index is 12.4. The first kappa shape index (κ1) is 19.9. The predicted molar refractivity (Wildman–Crippen MR) is 99.5 cm³/mol. The molecule has 0 saturated heterocycles. The zero-order valence-corrected chi connectivity index (χ0v) is 15.9. The third-order valence-corrected chi connectivity index (χ3v) is 4.30. The second kappa shape index (κ2) is 8.78. The molecule has 1 amide bonds. The van der Waals surface area contributed by atoms with Gasteiger partial charge in [0, 0.05) is 0 Å². The van der Waals surface area contributed by atoms with Crippen LogP contribution in [-0.4, -0.2) is 32.2 Å². The smallest absolute Gasteiger partial charge is 0.342 e. The Labute approximate surface area is 160 Å². The molecule has 1 atom stereocenters. The molecule has 0 aromatic heterocycles. The number of nitrogens with one attached hydrogen (secondary N) is 1. The highest BCUT2D eigenvalue weighted by molar-refractivity contribution is 6.44. The minimum Gasteiger partial charge on any atom is -0.493 e. The van der Waals surface area contributed by atoms with E-state index in [0.29, 0.717) is 16.5 Å². The molecule has 8 heteroatoms. The number of carbonyl (C=O) groups is 2. The summed E-state index contributed by atoms with van der Waals surface area (Å²) in [5, 5.41) is 3.08. The number of carbonyl (C=O) groups excluding carboxylic acids is 2. The zero-order chi connectivity index (χ0) is 19.3. The number of amides is 1. The van der Waals surface area contributed by atoms with E-state index in [0.717, 1.165) is 0 Å². The first-order valence-electron chi connectivity index (χ1n) is 7.55. The highest BCUT2D eigenvalue weighted by atomic mass is 35.5. The molecule has 0 spiro atoms. The lowest BCUT2D eigenvalue weighted by Crippen LogP contribution is -2.30. The predicted octanol–water partition coefficient (Wildman–Crippen LogP) is 4.19. The fourth-order valence-corrected chi connectivity index (χ4v) is 2.51. The third-order valence-electron chi connectivity index (χ3n) is 3.49. The van der Waals surface area contributed by atoms with E-state index in [1.807, 2.05) is 0 Å². The Hall–Kier alpha value is -2.44. The summed E-state index contributed by atoms with van der Waals surface area (Å²) >= 11 is 11.9. The highest BCUT2D eigenvalue weighted by Gasteiger charge is 2.23. The lowest BCUT2D eigenvalue weighted by Gasteiger charge is -2.16. The van der Waals surface area contributed by atoms with Gasteiger partial charge in [0.25, 0.3) is 5.91 Å². The Bertz CT molecular complexity index is 825.